The molecule has 1 unspecified atom stereocenters. The van der Waals surface area contributed by atoms with Gasteiger partial charge in [0.15, 0.2) is 11.4 Å². The van der Waals surface area contributed by atoms with E-state index in [1.807, 2.05) is 7.05 Å². The predicted molar refractivity (Wildman–Crippen MR) is 61.7 cm³/mol. The fourth-order valence-electron chi connectivity index (χ4n) is 2.11. The summed E-state index contributed by atoms with van der Waals surface area (Å²) >= 11 is 0. The average molecular weight is 236 g/mol. The predicted octanol–water partition coefficient (Wildman–Crippen LogP) is 0.351. The van der Waals surface area contributed by atoms with E-state index >= 15 is 0 Å². The summed E-state index contributed by atoms with van der Waals surface area (Å²) in [5, 5.41) is 0. The number of ether oxygens (including phenoxy) is 1. The van der Waals surface area contributed by atoms with E-state index in [4.69, 9.17) is 10.5 Å². The number of carbonyl (C=O) groups excluding carboxylic acids is 1. The van der Waals surface area contributed by atoms with Crippen LogP contribution in [-0.4, -0.2) is 41.5 Å². The highest BCUT2D eigenvalue weighted by Crippen LogP contribution is 2.29. The minimum Gasteiger partial charge on any atom is -0.493 e. The third-order valence-corrected chi connectivity index (χ3v) is 3.05. The van der Waals surface area contributed by atoms with Crippen molar-refractivity contribution in [2.24, 2.45) is 5.73 Å². The Morgan fingerprint density at radius 1 is 1.65 bits per heavy atom. The van der Waals surface area contributed by atoms with Gasteiger partial charge in [-0.15, -0.1) is 0 Å². The second-order valence-corrected chi connectivity index (χ2v) is 4.15. The first-order valence-corrected chi connectivity index (χ1v) is 5.54. The molecule has 1 amide bonds. The Morgan fingerprint density at radius 3 is 2.94 bits per heavy atom. The van der Waals surface area contributed by atoms with Crippen molar-refractivity contribution in [2.75, 3.05) is 20.7 Å². The van der Waals surface area contributed by atoms with E-state index < -0.39 is 5.91 Å². The van der Waals surface area contributed by atoms with Gasteiger partial charge < -0.3 is 10.5 Å². The highest BCUT2D eigenvalue weighted by molar-refractivity contribution is 5.93. The fourth-order valence-corrected chi connectivity index (χ4v) is 2.11. The summed E-state index contributed by atoms with van der Waals surface area (Å²) in [5.41, 5.74) is 5.42. The summed E-state index contributed by atoms with van der Waals surface area (Å²) in [5.74, 6) is 0.368. The lowest BCUT2D eigenvalue weighted by molar-refractivity contribution is 0.0991. The molecule has 2 N–H and O–H groups in total. The minimum absolute atomic E-state index is 0.151. The summed E-state index contributed by atoms with van der Waals surface area (Å²) in [6, 6.07) is 0.166. The van der Waals surface area contributed by atoms with Gasteiger partial charge in [-0.05, 0) is 26.4 Å². The molecule has 2 heterocycles. The lowest BCUT2D eigenvalue weighted by Crippen LogP contribution is -2.22. The van der Waals surface area contributed by atoms with E-state index in [0.29, 0.717) is 11.6 Å². The molecule has 1 atom stereocenters. The Labute approximate surface area is 99.8 Å². The van der Waals surface area contributed by atoms with Gasteiger partial charge in [-0.3, -0.25) is 9.69 Å². The van der Waals surface area contributed by atoms with Gasteiger partial charge >= 0.3 is 0 Å². The first kappa shape index (κ1) is 11.8. The van der Waals surface area contributed by atoms with Gasteiger partial charge in [-0.1, -0.05) is 0 Å². The Kier molecular flexibility index (Phi) is 3.23. The molecule has 1 saturated heterocycles. The number of hydrogen-bond donors (Lipinski definition) is 1. The number of hydrogen-bond acceptors (Lipinski definition) is 5. The normalized spacial score (nSPS) is 20.5. The van der Waals surface area contributed by atoms with Gasteiger partial charge in [0.1, 0.15) is 5.82 Å². The van der Waals surface area contributed by atoms with E-state index in [2.05, 4.69) is 14.9 Å². The number of amides is 1. The third-order valence-electron chi connectivity index (χ3n) is 3.05. The van der Waals surface area contributed by atoms with Crippen LogP contribution in [0.1, 0.15) is 35.2 Å². The van der Waals surface area contributed by atoms with Crippen molar-refractivity contribution < 1.29 is 9.53 Å². The molecule has 0 aliphatic carbocycles. The molecule has 0 saturated carbocycles. The maximum absolute atomic E-state index is 11.3. The van der Waals surface area contributed by atoms with Crippen molar-refractivity contribution in [3.8, 4) is 5.75 Å². The molecule has 92 valence electrons. The van der Waals surface area contributed by atoms with Crippen molar-refractivity contribution in [2.45, 2.75) is 18.9 Å². The molecule has 2 rings (SSSR count). The monoisotopic (exact) mass is 236 g/mol. The summed E-state index contributed by atoms with van der Waals surface area (Å²) in [7, 11) is 3.49. The first-order valence-electron chi connectivity index (χ1n) is 5.54. The lowest BCUT2D eigenvalue weighted by atomic mass is 10.2. The molecule has 0 bridgehead atoms. The number of aromatic nitrogens is 2. The van der Waals surface area contributed by atoms with Crippen molar-refractivity contribution in [1.29, 1.82) is 0 Å². The first-order chi connectivity index (χ1) is 8.13. The van der Waals surface area contributed by atoms with Crippen LogP contribution in [0.4, 0.5) is 0 Å². The van der Waals surface area contributed by atoms with Crippen LogP contribution in [0.5, 0.6) is 5.75 Å². The molecule has 1 aliphatic heterocycles. The van der Waals surface area contributed by atoms with Gasteiger partial charge in [-0.25, -0.2) is 9.97 Å². The van der Waals surface area contributed by atoms with Crippen LogP contribution in [0, 0.1) is 0 Å². The zero-order valence-electron chi connectivity index (χ0n) is 10.0. The quantitative estimate of drug-likeness (QED) is 0.819. The van der Waals surface area contributed by atoms with Crippen LogP contribution in [0.25, 0.3) is 0 Å². The third kappa shape index (κ3) is 2.21. The van der Waals surface area contributed by atoms with Crippen LogP contribution in [0.2, 0.25) is 0 Å². The van der Waals surface area contributed by atoms with Crippen molar-refractivity contribution in [1.82, 2.24) is 14.9 Å². The van der Waals surface area contributed by atoms with Crippen molar-refractivity contribution in [3.63, 3.8) is 0 Å². The molecule has 6 heteroatoms. The SMILES string of the molecule is COc1cnc(C2CCCN2C)nc1C(N)=O. The molecular formula is C11H16N4O2. The number of carbonyl (C=O) groups is 1. The maximum Gasteiger partial charge on any atom is 0.271 e. The van der Waals surface area contributed by atoms with E-state index in [0.717, 1.165) is 19.4 Å². The van der Waals surface area contributed by atoms with Crippen LogP contribution in [0.15, 0.2) is 6.20 Å². The maximum atomic E-state index is 11.3. The Morgan fingerprint density at radius 2 is 2.41 bits per heavy atom. The Hall–Kier alpha value is -1.69. The molecule has 1 fully saturated rings. The lowest BCUT2D eigenvalue weighted by Gasteiger charge is -2.18. The Bertz CT molecular complexity index is 435. The summed E-state index contributed by atoms with van der Waals surface area (Å²) in [6.45, 7) is 1.02. The van der Waals surface area contributed by atoms with E-state index in [-0.39, 0.29) is 11.7 Å². The molecule has 1 aromatic rings. The van der Waals surface area contributed by atoms with E-state index in [1.165, 1.54) is 13.3 Å². The van der Waals surface area contributed by atoms with E-state index in [9.17, 15) is 4.79 Å². The molecule has 1 aliphatic rings. The molecule has 6 nitrogen and oxygen atoms in total. The molecular weight excluding hydrogens is 220 g/mol. The Balaban J connectivity index is 2.36. The zero-order valence-corrected chi connectivity index (χ0v) is 10.0. The summed E-state index contributed by atoms with van der Waals surface area (Å²) in [6.07, 6.45) is 3.62. The molecule has 17 heavy (non-hydrogen) atoms. The van der Waals surface area contributed by atoms with Gasteiger partial charge in [0.25, 0.3) is 5.91 Å². The van der Waals surface area contributed by atoms with Crippen LogP contribution in [0.3, 0.4) is 0 Å². The molecule has 1 aromatic heterocycles. The standard InChI is InChI=1S/C11H16N4O2/c1-15-5-3-4-7(15)11-13-6-8(17-2)9(14-11)10(12)16/h6-7H,3-5H2,1-2H3,(H2,12,16). The highest BCUT2D eigenvalue weighted by atomic mass is 16.5. The largest absolute Gasteiger partial charge is 0.493 e. The van der Waals surface area contributed by atoms with Crippen LogP contribution >= 0.6 is 0 Å². The van der Waals surface area contributed by atoms with Gasteiger partial charge in [-0.2, -0.15) is 0 Å². The molecule has 0 radical (unpaired) electrons. The molecule has 0 aromatic carbocycles. The number of rotatable bonds is 3. The second-order valence-electron chi connectivity index (χ2n) is 4.15. The smallest absolute Gasteiger partial charge is 0.271 e. The molecule has 0 spiro atoms. The fraction of sp³-hybridized carbons (Fsp3) is 0.545. The highest BCUT2D eigenvalue weighted by Gasteiger charge is 2.26. The second kappa shape index (κ2) is 4.67. The van der Waals surface area contributed by atoms with Crippen molar-refractivity contribution >= 4 is 5.91 Å². The number of primary amides is 1. The summed E-state index contributed by atoms with van der Waals surface area (Å²) in [4.78, 5) is 21.9. The number of nitrogens with zero attached hydrogens (tertiary/aromatic N) is 3. The number of methoxy groups -OCH3 is 1. The number of nitrogens with two attached hydrogens (primary N) is 1. The van der Waals surface area contributed by atoms with Crippen molar-refractivity contribution in [3.05, 3.63) is 17.7 Å². The zero-order chi connectivity index (χ0) is 12.4. The van der Waals surface area contributed by atoms with E-state index in [1.54, 1.807) is 0 Å². The van der Waals surface area contributed by atoms with Gasteiger partial charge in [0.05, 0.1) is 19.3 Å². The van der Waals surface area contributed by atoms with Gasteiger partial charge in [0, 0.05) is 0 Å². The van der Waals surface area contributed by atoms with Gasteiger partial charge in [0.2, 0.25) is 0 Å². The summed E-state index contributed by atoms with van der Waals surface area (Å²) < 4.78 is 5.01. The number of likely N-dealkylation sites (tertiary alicyclic amines) is 1. The topological polar surface area (TPSA) is 81.3 Å². The van der Waals surface area contributed by atoms with Crippen LogP contribution in [-0.2, 0) is 0 Å². The average Bonchev–Trinajstić information content (AvgIpc) is 2.74. The van der Waals surface area contributed by atoms with Crippen LogP contribution < -0.4 is 10.5 Å². The minimum atomic E-state index is -0.592.